The maximum atomic E-state index is 12.4. The molecule has 0 fully saturated rings. The highest BCUT2D eigenvalue weighted by atomic mass is 16.1. The van der Waals surface area contributed by atoms with E-state index in [0.29, 0.717) is 16.9 Å². The lowest BCUT2D eigenvalue weighted by molar-refractivity contribution is 0.102. The summed E-state index contributed by atoms with van der Waals surface area (Å²) in [6, 6.07) is 18.6. The van der Waals surface area contributed by atoms with Crippen LogP contribution < -0.4 is 15.5 Å². The Labute approximate surface area is 177 Å². The maximum Gasteiger partial charge on any atom is 0.274 e. The minimum absolute atomic E-state index is 0.300. The van der Waals surface area contributed by atoms with Gasteiger partial charge in [-0.2, -0.15) is 5.26 Å². The van der Waals surface area contributed by atoms with Crippen LogP contribution in [0.3, 0.4) is 0 Å². The number of aromatic nitrogens is 1. The molecule has 30 heavy (non-hydrogen) atoms. The van der Waals surface area contributed by atoms with Crippen LogP contribution in [-0.4, -0.2) is 24.0 Å². The molecule has 0 radical (unpaired) electrons. The lowest BCUT2D eigenvalue weighted by atomic mass is 10.1. The Morgan fingerprint density at radius 3 is 2.30 bits per heavy atom. The predicted octanol–water partition coefficient (Wildman–Crippen LogP) is 5.10. The average Bonchev–Trinajstić information content (AvgIpc) is 2.77. The van der Waals surface area contributed by atoms with E-state index >= 15 is 0 Å². The van der Waals surface area contributed by atoms with Gasteiger partial charge in [0.05, 0.1) is 23.5 Å². The van der Waals surface area contributed by atoms with Crippen molar-refractivity contribution in [3.63, 3.8) is 0 Å². The fourth-order valence-corrected chi connectivity index (χ4v) is 3.15. The summed E-state index contributed by atoms with van der Waals surface area (Å²) in [5, 5.41) is 15.0. The standard InChI is InChI=1S/C24H25N5O/c1-4-29(5-2)21-11-13-22(17(3)14-21)27-20-10-12-23(26-16-20)24(30)28-19-8-6-18(15-25)7-9-19/h6-14,16,27H,4-5H2,1-3H3,(H,28,30). The fourth-order valence-electron chi connectivity index (χ4n) is 3.15. The van der Waals surface area contributed by atoms with Crippen molar-refractivity contribution in [3.05, 3.63) is 77.6 Å². The number of pyridine rings is 1. The molecule has 152 valence electrons. The van der Waals surface area contributed by atoms with Crippen LogP contribution in [0.5, 0.6) is 0 Å². The highest BCUT2D eigenvalue weighted by Crippen LogP contribution is 2.25. The zero-order chi connectivity index (χ0) is 21.5. The summed E-state index contributed by atoms with van der Waals surface area (Å²) in [6.07, 6.45) is 1.64. The van der Waals surface area contributed by atoms with Gasteiger partial charge >= 0.3 is 0 Å². The van der Waals surface area contributed by atoms with E-state index in [4.69, 9.17) is 5.26 Å². The summed E-state index contributed by atoms with van der Waals surface area (Å²) < 4.78 is 0. The summed E-state index contributed by atoms with van der Waals surface area (Å²) in [7, 11) is 0. The van der Waals surface area contributed by atoms with Gasteiger partial charge in [-0.05, 0) is 80.9 Å². The van der Waals surface area contributed by atoms with Crippen LogP contribution in [0.4, 0.5) is 22.7 Å². The highest BCUT2D eigenvalue weighted by molar-refractivity contribution is 6.03. The maximum absolute atomic E-state index is 12.4. The molecule has 3 aromatic rings. The lowest BCUT2D eigenvalue weighted by Crippen LogP contribution is -2.21. The Morgan fingerprint density at radius 1 is 1.03 bits per heavy atom. The number of carbonyl (C=O) groups excluding carboxylic acids is 1. The van der Waals surface area contributed by atoms with Crippen molar-refractivity contribution in [2.45, 2.75) is 20.8 Å². The number of hydrogen-bond acceptors (Lipinski definition) is 5. The minimum Gasteiger partial charge on any atom is -0.372 e. The monoisotopic (exact) mass is 399 g/mol. The van der Waals surface area contributed by atoms with Gasteiger partial charge < -0.3 is 15.5 Å². The summed E-state index contributed by atoms with van der Waals surface area (Å²) in [4.78, 5) is 19.0. The van der Waals surface area contributed by atoms with Crippen molar-refractivity contribution < 1.29 is 4.79 Å². The quantitative estimate of drug-likeness (QED) is 0.577. The Bertz CT molecular complexity index is 1050. The van der Waals surface area contributed by atoms with Crippen molar-refractivity contribution in [2.24, 2.45) is 0 Å². The topological polar surface area (TPSA) is 81.0 Å². The summed E-state index contributed by atoms with van der Waals surface area (Å²) in [5.41, 5.74) is 5.64. The first-order valence-electron chi connectivity index (χ1n) is 9.94. The van der Waals surface area contributed by atoms with Crippen molar-refractivity contribution in [1.82, 2.24) is 4.98 Å². The zero-order valence-corrected chi connectivity index (χ0v) is 17.4. The molecule has 0 bridgehead atoms. The lowest BCUT2D eigenvalue weighted by Gasteiger charge is -2.22. The SMILES string of the molecule is CCN(CC)c1ccc(Nc2ccc(C(=O)Nc3ccc(C#N)cc3)nc2)c(C)c1. The number of nitrogens with zero attached hydrogens (tertiary/aromatic N) is 3. The van der Waals surface area contributed by atoms with E-state index in [0.717, 1.165) is 30.0 Å². The van der Waals surface area contributed by atoms with E-state index in [1.54, 1.807) is 36.5 Å². The number of nitriles is 1. The molecule has 1 aromatic heterocycles. The first-order valence-corrected chi connectivity index (χ1v) is 9.94. The molecular formula is C24H25N5O. The molecule has 1 heterocycles. The van der Waals surface area contributed by atoms with Crippen LogP contribution in [0, 0.1) is 18.3 Å². The Morgan fingerprint density at radius 2 is 1.73 bits per heavy atom. The van der Waals surface area contributed by atoms with Gasteiger partial charge in [0.2, 0.25) is 0 Å². The average molecular weight is 399 g/mol. The normalized spacial score (nSPS) is 10.2. The molecule has 2 aromatic carbocycles. The molecule has 0 aliphatic heterocycles. The van der Waals surface area contributed by atoms with Gasteiger partial charge in [0, 0.05) is 30.2 Å². The summed E-state index contributed by atoms with van der Waals surface area (Å²) >= 11 is 0. The molecule has 0 aliphatic carbocycles. The molecule has 0 saturated carbocycles. The van der Waals surface area contributed by atoms with Crippen LogP contribution in [0.2, 0.25) is 0 Å². The number of carbonyl (C=O) groups is 1. The smallest absolute Gasteiger partial charge is 0.274 e. The molecule has 0 atom stereocenters. The van der Waals surface area contributed by atoms with Gasteiger partial charge in [-0.15, -0.1) is 0 Å². The van der Waals surface area contributed by atoms with E-state index in [9.17, 15) is 4.79 Å². The second-order valence-corrected chi connectivity index (χ2v) is 6.87. The number of nitrogens with one attached hydrogen (secondary N) is 2. The van der Waals surface area contributed by atoms with Crippen LogP contribution >= 0.6 is 0 Å². The van der Waals surface area contributed by atoms with Gasteiger partial charge in [0.25, 0.3) is 5.91 Å². The first kappa shape index (κ1) is 20.9. The highest BCUT2D eigenvalue weighted by Gasteiger charge is 2.09. The van der Waals surface area contributed by atoms with Crippen molar-refractivity contribution in [2.75, 3.05) is 28.6 Å². The third kappa shape index (κ3) is 4.95. The van der Waals surface area contributed by atoms with Crippen LogP contribution in [0.25, 0.3) is 0 Å². The molecule has 3 rings (SSSR count). The molecular weight excluding hydrogens is 374 g/mol. The molecule has 0 unspecified atom stereocenters. The van der Waals surface area contributed by atoms with E-state index in [2.05, 4.69) is 59.5 Å². The van der Waals surface area contributed by atoms with Gasteiger partial charge in [-0.3, -0.25) is 4.79 Å². The van der Waals surface area contributed by atoms with Crippen molar-refractivity contribution in [1.29, 1.82) is 5.26 Å². The number of anilines is 4. The largest absolute Gasteiger partial charge is 0.372 e. The Balaban J connectivity index is 1.66. The molecule has 0 aliphatic rings. The van der Waals surface area contributed by atoms with Crippen LogP contribution in [0.15, 0.2) is 60.8 Å². The molecule has 1 amide bonds. The van der Waals surface area contributed by atoms with Gasteiger partial charge in [-0.25, -0.2) is 4.98 Å². The second-order valence-electron chi connectivity index (χ2n) is 6.87. The number of benzene rings is 2. The number of aryl methyl sites for hydroxylation is 1. The van der Waals surface area contributed by atoms with Crippen molar-refractivity contribution in [3.8, 4) is 6.07 Å². The van der Waals surface area contributed by atoms with Crippen molar-refractivity contribution >= 4 is 28.7 Å². The predicted molar refractivity (Wildman–Crippen MR) is 121 cm³/mol. The number of hydrogen-bond donors (Lipinski definition) is 2. The third-order valence-corrected chi connectivity index (χ3v) is 4.89. The van der Waals surface area contributed by atoms with Gasteiger partial charge in [0.1, 0.15) is 5.69 Å². The van der Waals surface area contributed by atoms with E-state index in [1.807, 2.05) is 12.1 Å². The number of rotatable bonds is 7. The fraction of sp³-hybridized carbons (Fsp3) is 0.208. The minimum atomic E-state index is -0.300. The molecule has 6 heteroatoms. The number of amides is 1. The van der Waals surface area contributed by atoms with E-state index in [-0.39, 0.29) is 5.91 Å². The van der Waals surface area contributed by atoms with E-state index < -0.39 is 0 Å². The Kier molecular flexibility index (Phi) is 6.66. The zero-order valence-electron chi connectivity index (χ0n) is 17.4. The third-order valence-electron chi connectivity index (χ3n) is 4.89. The second kappa shape index (κ2) is 9.57. The van der Waals surface area contributed by atoms with Gasteiger partial charge in [0.15, 0.2) is 0 Å². The Hall–Kier alpha value is -3.85. The van der Waals surface area contributed by atoms with E-state index in [1.165, 1.54) is 5.69 Å². The first-order chi connectivity index (χ1) is 14.5. The van der Waals surface area contributed by atoms with Gasteiger partial charge in [-0.1, -0.05) is 0 Å². The van der Waals surface area contributed by atoms with Crippen LogP contribution in [0.1, 0.15) is 35.5 Å². The summed E-state index contributed by atoms with van der Waals surface area (Å²) in [5.74, 6) is -0.300. The molecule has 6 nitrogen and oxygen atoms in total. The molecule has 0 saturated heterocycles. The molecule has 2 N–H and O–H groups in total. The van der Waals surface area contributed by atoms with Crippen LogP contribution in [-0.2, 0) is 0 Å². The summed E-state index contributed by atoms with van der Waals surface area (Å²) in [6.45, 7) is 8.31. The molecule has 0 spiro atoms.